The van der Waals surface area contributed by atoms with E-state index in [2.05, 4.69) is 9.84 Å². The number of anilines is 1. The number of hydrogen-bond acceptors (Lipinski definition) is 6. The fraction of sp³-hybridized carbons (Fsp3) is 0.583. The molecule has 19 heavy (non-hydrogen) atoms. The minimum absolute atomic E-state index is 0.0160. The largest absolute Gasteiger partial charge is 0.469 e. The standard InChI is InChI=1S/C12H19N3O4/c1-8-12(13)9(2)15(14-8)7-11(17)19-6-4-5-10(16)18-3/h4-7,13H2,1-3H3. The van der Waals surface area contributed by atoms with Crippen molar-refractivity contribution in [3.05, 3.63) is 11.4 Å². The van der Waals surface area contributed by atoms with E-state index in [0.29, 0.717) is 17.8 Å². The van der Waals surface area contributed by atoms with Crippen molar-refractivity contribution in [3.63, 3.8) is 0 Å². The Labute approximate surface area is 111 Å². The molecule has 0 saturated heterocycles. The number of aromatic nitrogens is 2. The van der Waals surface area contributed by atoms with Crippen molar-refractivity contribution in [2.45, 2.75) is 33.2 Å². The van der Waals surface area contributed by atoms with E-state index in [9.17, 15) is 9.59 Å². The highest BCUT2D eigenvalue weighted by Gasteiger charge is 2.12. The van der Waals surface area contributed by atoms with E-state index >= 15 is 0 Å². The molecule has 7 nitrogen and oxygen atoms in total. The summed E-state index contributed by atoms with van der Waals surface area (Å²) in [7, 11) is 1.32. The Kier molecular flexibility index (Phi) is 5.35. The van der Waals surface area contributed by atoms with Crippen molar-refractivity contribution < 1.29 is 19.1 Å². The van der Waals surface area contributed by atoms with E-state index in [1.54, 1.807) is 13.8 Å². The van der Waals surface area contributed by atoms with Crippen LogP contribution in [0, 0.1) is 13.8 Å². The molecule has 0 spiro atoms. The topological polar surface area (TPSA) is 96.4 Å². The van der Waals surface area contributed by atoms with Crippen LogP contribution in [0.5, 0.6) is 0 Å². The van der Waals surface area contributed by atoms with Gasteiger partial charge < -0.3 is 15.2 Å². The number of nitrogens with two attached hydrogens (primary N) is 1. The smallest absolute Gasteiger partial charge is 0.327 e. The minimum atomic E-state index is -0.407. The van der Waals surface area contributed by atoms with E-state index in [4.69, 9.17) is 10.5 Å². The van der Waals surface area contributed by atoms with Crippen molar-refractivity contribution in [1.82, 2.24) is 9.78 Å². The van der Waals surface area contributed by atoms with Gasteiger partial charge in [-0.2, -0.15) is 5.10 Å². The van der Waals surface area contributed by atoms with Crippen LogP contribution in [-0.2, 0) is 25.6 Å². The predicted octanol–water partition coefficient (Wildman–Crippen LogP) is 0.579. The zero-order chi connectivity index (χ0) is 14.4. The van der Waals surface area contributed by atoms with Crippen LogP contribution in [-0.4, -0.2) is 35.4 Å². The van der Waals surface area contributed by atoms with Crippen LogP contribution in [0.25, 0.3) is 0 Å². The number of nitrogen functional groups attached to an aromatic ring is 1. The van der Waals surface area contributed by atoms with Crippen molar-refractivity contribution in [3.8, 4) is 0 Å². The van der Waals surface area contributed by atoms with Crippen molar-refractivity contribution in [1.29, 1.82) is 0 Å². The van der Waals surface area contributed by atoms with E-state index in [-0.39, 0.29) is 25.5 Å². The monoisotopic (exact) mass is 269 g/mol. The molecule has 0 aliphatic rings. The molecule has 0 saturated carbocycles. The van der Waals surface area contributed by atoms with Crippen LogP contribution < -0.4 is 5.73 Å². The van der Waals surface area contributed by atoms with Crippen LogP contribution in [0.1, 0.15) is 24.2 Å². The molecule has 0 fully saturated rings. The predicted molar refractivity (Wildman–Crippen MR) is 68.3 cm³/mol. The minimum Gasteiger partial charge on any atom is -0.469 e. The number of esters is 2. The highest BCUT2D eigenvalue weighted by molar-refractivity contribution is 5.70. The lowest BCUT2D eigenvalue weighted by Gasteiger charge is -2.06. The zero-order valence-corrected chi connectivity index (χ0v) is 11.4. The molecule has 2 N–H and O–H groups in total. The molecule has 0 radical (unpaired) electrons. The van der Waals surface area contributed by atoms with Gasteiger partial charge in [0.2, 0.25) is 0 Å². The van der Waals surface area contributed by atoms with Crippen LogP contribution in [0.3, 0.4) is 0 Å². The van der Waals surface area contributed by atoms with Gasteiger partial charge in [0.25, 0.3) is 0 Å². The van der Waals surface area contributed by atoms with E-state index < -0.39 is 5.97 Å². The second-order valence-electron chi connectivity index (χ2n) is 4.14. The molecule has 0 amide bonds. The molecular formula is C12H19N3O4. The summed E-state index contributed by atoms with van der Waals surface area (Å²) in [6, 6.07) is 0. The van der Waals surface area contributed by atoms with Gasteiger partial charge in [0.05, 0.1) is 30.8 Å². The fourth-order valence-corrected chi connectivity index (χ4v) is 1.54. The van der Waals surface area contributed by atoms with E-state index in [0.717, 1.165) is 5.69 Å². The number of hydrogen-bond donors (Lipinski definition) is 1. The van der Waals surface area contributed by atoms with Crippen LogP contribution in [0.4, 0.5) is 5.69 Å². The molecular weight excluding hydrogens is 250 g/mol. The quantitative estimate of drug-likeness (QED) is 0.599. The average molecular weight is 269 g/mol. The summed E-state index contributed by atoms with van der Waals surface area (Å²) in [6.07, 6.45) is 0.675. The molecule has 1 aromatic heterocycles. The van der Waals surface area contributed by atoms with Gasteiger partial charge in [-0.25, -0.2) is 0 Å². The molecule has 1 rings (SSSR count). The van der Waals surface area contributed by atoms with Gasteiger partial charge in [-0.3, -0.25) is 14.3 Å². The van der Waals surface area contributed by atoms with E-state index in [1.165, 1.54) is 11.8 Å². The third-order valence-corrected chi connectivity index (χ3v) is 2.73. The number of rotatable bonds is 6. The second-order valence-corrected chi connectivity index (χ2v) is 4.14. The Balaban J connectivity index is 2.35. The maximum Gasteiger partial charge on any atom is 0.327 e. The number of carbonyl (C=O) groups is 2. The normalized spacial score (nSPS) is 10.3. The maximum atomic E-state index is 11.6. The van der Waals surface area contributed by atoms with Crippen molar-refractivity contribution in [2.75, 3.05) is 19.5 Å². The Bertz CT molecular complexity index is 468. The summed E-state index contributed by atoms with van der Waals surface area (Å²) in [4.78, 5) is 22.4. The zero-order valence-electron chi connectivity index (χ0n) is 11.4. The molecule has 0 bridgehead atoms. The van der Waals surface area contributed by atoms with Crippen LogP contribution in [0.2, 0.25) is 0 Å². The van der Waals surface area contributed by atoms with Gasteiger partial charge in [0, 0.05) is 6.42 Å². The first-order valence-corrected chi connectivity index (χ1v) is 5.97. The number of aryl methyl sites for hydroxylation is 1. The lowest BCUT2D eigenvalue weighted by atomic mass is 10.3. The summed E-state index contributed by atoms with van der Waals surface area (Å²) >= 11 is 0. The molecule has 0 unspecified atom stereocenters. The number of methoxy groups -OCH3 is 1. The molecule has 0 aromatic carbocycles. The molecule has 1 aromatic rings. The molecule has 0 atom stereocenters. The third kappa shape index (κ3) is 4.27. The van der Waals surface area contributed by atoms with Crippen molar-refractivity contribution in [2.24, 2.45) is 0 Å². The summed E-state index contributed by atoms with van der Waals surface area (Å²) in [6.45, 7) is 3.77. The first kappa shape index (κ1) is 15.0. The maximum absolute atomic E-state index is 11.6. The summed E-state index contributed by atoms with van der Waals surface area (Å²) < 4.78 is 11.0. The summed E-state index contributed by atoms with van der Waals surface area (Å²) in [5.74, 6) is -0.724. The van der Waals surface area contributed by atoms with Gasteiger partial charge in [0.15, 0.2) is 0 Å². The van der Waals surface area contributed by atoms with Gasteiger partial charge in [-0.1, -0.05) is 0 Å². The average Bonchev–Trinajstić information content (AvgIpc) is 2.62. The number of carbonyl (C=O) groups excluding carboxylic acids is 2. The SMILES string of the molecule is COC(=O)CCCOC(=O)Cn1nc(C)c(N)c1C. The Hall–Kier alpha value is -2.05. The lowest BCUT2D eigenvalue weighted by Crippen LogP contribution is -2.16. The summed E-state index contributed by atoms with van der Waals surface area (Å²) in [5.41, 5.74) is 7.77. The van der Waals surface area contributed by atoms with Gasteiger partial charge >= 0.3 is 11.9 Å². The van der Waals surface area contributed by atoms with Gasteiger partial charge in [0.1, 0.15) is 6.54 Å². The Morgan fingerprint density at radius 3 is 2.53 bits per heavy atom. The molecule has 1 heterocycles. The first-order chi connectivity index (χ1) is 8.95. The molecule has 106 valence electrons. The van der Waals surface area contributed by atoms with Crippen LogP contribution >= 0.6 is 0 Å². The van der Waals surface area contributed by atoms with E-state index in [1.807, 2.05) is 0 Å². The van der Waals surface area contributed by atoms with Gasteiger partial charge in [-0.05, 0) is 20.3 Å². The highest BCUT2D eigenvalue weighted by Crippen LogP contribution is 2.14. The number of nitrogens with zero attached hydrogens (tertiary/aromatic N) is 2. The van der Waals surface area contributed by atoms with Crippen molar-refractivity contribution >= 4 is 17.6 Å². The second kappa shape index (κ2) is 6.77. The first-order valence-electron chi connectivity index (χ1n) is 5.97. The lowest BCUT2D eigenvalue weighted by molar-refractivity contribution is -0.147. The third-order valence-electron chi connectivity index (χ3n) is 2.73. The Morgan fingerprint density at radius 2 is 2.00 bits per heavy atom. The molecule has 0 aliphatic carbocycles. The molecule has 0 aliphatic heterocycles. The fourth-order valence-electron chi connectivity index (χ4n) is 1.54. The van der Waals surface area contributed by atoms with Gasteiger partial charge in [-0.15, -0.1) is 0 Å². The summed E-state index contributed by atoms with van der Waals surface area (Å²) in [5, 5.41) is 4.14. The van der Waals surface area contributed by atoms with Crippen LogP contribution in [0.15, 0.2) is 0 Å². The number of ether oxygens (including phenoxy) is 2. The Morgan fingerprint density at radius 1 is 1.32 bits per heavy atom. The molecule has 7 heteroatoms. The highest BCUT2D eigenvalue weighted by atomic mass is 16.5.